The van der Waals surface area contributed by atoms with Crippen molar-refractivity contribution in [2.24, 2.45) is 0 Å². The van der Waals surface area contributed by atoms with Gasteiger partial charge in [-0.25, -0.2) is 0 Å². The van der Waals surface area contributed by atoms with E-state index >= 15 is 0 Å². The molecule has 0 aliphatic carbocycles. The van der Waals surface area contributed by atoms with E-state index in [1.54, 1.807) is 0 Å². The first-order valence-corrected chi connectivity index (χ1v) is 22.9. The Morgan fingerprint density at radius 3 is 1.40 bits per heavy atom. The fraction of sp³-hybridized carbons (Fsp3) is 0.125. The number of nitrogens with zero attached hydrogens (tertiary/aromatic N) is 1. The van der Waals surface area contributed by atoms with E-state index in [9.17, 15) is 0 Å². The minimum absolute atomic E-state index is 0.00502. The second-order valence-electron chi connectivity index (χ2n) is 19.4. The monoisotopic (exact) mass is 837 g/mol. The van der Waals surface area contributed by atoms with Crippen LogP contribution in [-0.2, 0) is 10.8 Å². The van der Waals surface area contributed by atoms with Crippen molar-refractivity contribution < 1.29 is 0 Å². The highest BCUT2D eigenvalue weighted by Crippen LogP contribution is 2.48. The molecule has 0 bridgehead atoms. The Bertz CT molecular complexity index is 3260. The van der Waals surface area contributed by atoms with E-state index in [4.69, 9.17) is 0 Å². The molecule has 0 atom stereocenters. The van der Waals surface area contributed by atoms with Gasteiger partial charge >= 0.3 is 0 Å². The minimum atomic E-state index is -0.00502. The lowest BCUT2D eigenvalue weighted by Crippen LogP contribution is -2.16. The average molecular weight is 838 g/mol. The van der Waals surface area contributed by atoms with Crippen molar-refractivity contribution in [1.29, 1.82) is 0 Å². The van der Waals surface area contributed by atoms with Crippen LogP contribution < -0.4 is 4.90 Å². The van der Waals surface area contributed by atoms with Gasteiger partial charge in [-0.05, 0) is 112 Å². The first-order chi connectivity index (χ1) is 31.5. The zero-order valence-electron chi connectivity index (χ0n) is 38.3. The van der Waals surface area contributed by atoms with Gasteiger partial charge in [0, 0.05) is 16.8 Å². The number of hydrogen-bond donors (Lipinski definition) is 0. The summed E-state index contributed by atoms with van der Waals surface area (Å²) in [7, 11) is 0. The van der Waals surface area contributed by atoms with Gasteiger partial charge in [0.15, 0.2) is 0 Å². The Morgan fingerprint density at radius 2 is 0.738 bits per heavy atom. The first kappa shape index (κ1) is 41.5. The summed E-state index contributed by atoms with van der Waals surface area (Å²) in [4.78, 5) is 2.47. The Balaban J connectivity index is 1.19. The zero-order valence-corrected chi connectivity index (χ0v) is 38.3. The predicted molar refractivity (Wildman–Crippen MR) is 281 cm³/mol. The van der Waals surface area contributed by atoms with Crippen molar-refractivity contribution in [3.63, 3.8) is 0 Å². The van der Waals surface area contributed by atoms with Crippen molar-refractivity contribution in [3.05, 3.63) is 236 Å². The van der Waals surface area contributed by atoms with Crippen LogP contribution in [-0.4, -0.2) is 0 Å². The Hall–Kier alpha value is -7.48. The van der Waals surface area contributed by atoms with Crippen LogP contribution in [0.4, 0.5) is 17.1 Å². The Kier molecular flexibility index (Phi) is 10.8. The van der Waals surface area contributed by atoms with Crippen molar-refractivity contribution >= 4 is 38.6 Å². The van der Waals surface area contributed by atoms with Crippen LogP contribution in [0.25, 0.3) is 77.2 Å². The van der Waals surface area contributed by atoms with Crippen LogP contribution in [0.3, 0.4) is 0 Å². The first-order valence-electron chi connectivity index (χ1n) is 22.9. The van der Waals surface area contributed by atoms with Gasteiger partial charge in [0.2, 0.25) is 0 Å². The van der Waals surface area contributed by atoms with Crippen molar-refractivity contribution in [2.45, 2.75) is 52.4 Å². The molecule has 316 valence electrons. The van der Waals surface area contributed by atoms with Crippen LogP contribution >= 0.6 is 0 Å². The molecule has 0 radical (unpaired) electrons. The van der Waals surface area contributed by atoms with Crippen LogP contribution in [0.5, 0.6) is 0 Å². The van der Waals surface area contributed by atoms with Crippen molar-refractivity contribution in [2.75, 3.05) is 4.90 Å². The molecular weight excluding hydrogens is 783 g/mol. The molecule has 1 heteroatoms. The number of rotatable bonds is 8. The lowest BCUT2D eigenvalue weighted by molar-refractivity contribution is 0.569. The maximum atomic E-state index is 2.47. The van der Waals surface area contributed by atoms with E-state index in [-0.39, 0.29) is 10.8 Å². The van der Waals surface area contributed by atoms with E-state index < -0.39 is 0 Å². The molecule has 0 N–H and O–H groups in total. The fourth-order valence-corrected chi connectivity index (χ4v) is 9.41. The highest BCUT2D eigenvalue weighted by Gasteiger charge is 2.25. The normalized spacial score (nSPS) is 11.8. The van der Waals surface area contributed by atoms with Crippen LogP contribution in [0.15, 0.2) is 224 Å². The van der Waals surface area contributed by atoms with E-state index in [2.05, 4.69) is 271 Å². The molecule has 0 amide bonds. The van der Waals surface area contributed by atoms with Crippen molar-refractivity contribution in [3.8, 4) is 55.6 Å². The molecule has 0 heterocycles. The molecule has 10 rings (SSSR count). The third kappa shape index (κ3) is 8.16. The number of para-hydroxylation sites is 2. The Labute approximate surface area is 385 Å². The lowest BCUT2D eigenvalue weighted by Gasteiger charge is -2.30. The highest BCUT2D eigenvalue weighted by molar-refractivity contribution is 6.09. The second-order valence-corrected chi connectivity index (χ2v) is 19.4. The molecule has 0 unspecified atom stereocenters. The molecule has 10 aromatic carbocycles. The fourth-order valence-electron chi connectivity index (χ4n) is 9.41. The molecule has 10 aromatic rings. The molecule has 0 aromatic heterocycles. The van der Waals surface area contributed by atoms with Gasteiger partial charge in [0.05, 0.1) is 11.4 Å². The third-order valence-corrected chi connectivity index (χ3v) is 13.0. The summed E-state index contributed by atoms with van der Waals surface area (Å²) in [5, 5.41) is 4.97. The number of fused-ring (bicyclic) bond motifs is 2. The topological polar surface area (TPSA) is 3.24 Å². The zero-order chi connectivity index (χ0) is 44.7. The maximum Gasteiger partial charge on any atom is 0.0540 e. The lowest BCUT2D eigenvalue weighted by atomic mass is 9.78. The summed E-state index contributed by atoms with van der Waals surface area (Å²) in [6.07, 6.45) is 0. The maximum absolute atomic E-state index is 2.47. The van der Waals surface area contributed by atoms with E-state index in [1.807, 2.05) is 0 Å². The number of hydrogen-bond acceptors (Lipinski definition) is 1. The summed E-state index contributed by atoms with van der Waals surface area (Å²) in [5.74, 6) is 0. The van der Waals surface area contributed by atoms with Gasteiger partial charge in [-0.2, -0.15) is 0 Å². The molecule has 0 aliphatic heterocycles. The third-order valence-electron chi connectivity index (χ3n) is 13.0. The predicted octanol–water partition coefficient (Wildman–Crippen LogP) is 18.4. The van der Waals surface area contributed by atoms with Crippen LogP contribution in [0, 0.1) is 0 Å². The summed E-state index contributed by atoms with van der Waals surface area (Å²) in [6, 6.07) is 82.8. The molecular formula is C64H55N. The van der Waals surface area contributed by atoms with Gasteiger partial charge < -0.3 is 4.90 Å². The number of anilines is 3. The smallest absolute Gasteiger partial charge is 0.0540 e. The quantitative estimate of drug-likeness (QED) is 0.147. The van der Waals surface area contributed by atoms with Gasteiger partial charge in [0.1, 0.15) is 0 Å². The molecule has 0 fully saturated rings. The van der Waals surface area contributed by atoms with Crippen LogP contribution in [0.1, 0.15) is 52.7 Å². The van der Waals surface area contributed by atoms with Gasteiger partial charge in [0.25, 0.3) is 0 Å². The molecule has 1 nitrogen and oxygen atoms in total. The largest absolute Gasteiger partial charge is 0.309 e. The van der Waals surface area contributed by atoms with Gasteiger partial charge in [-0.1, -0.05) is 242 Å². The second kappa shape index (κ2) is 16.9. The highest BCUT2D eigenvalue weighted by atomic mass is 15.1. The summed E-state index contributed by atoms with van der Waals surface area (Å²) in [6.45, 7) is 13.9. The molecule has 0 saturated carbocycles. The molecule has 65 heavy (non-hydrogen) atoms. The van der Waals surface area contributed by atoms with Crippen molar-refractivity contribution in [1.82, 2.24) is 0 Å². The molecule has 0 aliphatic rings. The summed E-state index contributed by atoms with van der Waals surface area (Å²) < 4.78 is 0. The SMILES string of the molecule is CC(C)(C)c1cc(-c2cccc3cccc(-c4ccccc4N(c4ccc(-c5cccc6ccccc56)cc4)c4ccccc4-c4ccc(-c5ccccc5)cc4)c23)cc(C(C)(C)C)c1. The van der Waals surface area contributed by atoms with Crippen LogP contribution in [0.2, 0.25) is 0 Å². The molecule has 0 saturated heterocycles. The van der Waals surface area contributed by atoms with E-state index in [0.29, 0.717) is 0 Å². The standard InChI is InChI=1S/C64H55N/c1-63(2,3)51-41-50(42-52(43-51)64(4,5)6)57-29-17-23-49-24-18-30-59(62(49)57)58-27-13-15-32-61(58)65(53-39-37-47(38-40-53)55-28-16-22-46-21-10-11-25-54(46)55)60-31-14-12-26-56(60)48-35-33-45(34-36-48)44-19-8-7-9-20-44/h7-43H,1-6H3. The van der Waals surface area contributed by atoms with E-state index in [1.165, 1.54) is 77.2 Å². The summed E-state index contributed by atoms with van der Waals surface area (Å²) in [5.41, 5.74) is 18.0. The Morgan fingerprint density at radius 1 is 0.292 bits per heavy atom. The minimum Gasteiger partial charge on any atom is -0.309 e. The molecule has 0 spiro atoms. The van der Waals surface area contributed by atoms with Gasteiger partial charge in [-0.15, -0.1) is 0 Å². The average Bonchev–Trinajstić information content (AvgIpc) is 3.34. The number of benzene rings is 10. The van der Waals surface area contributed by atoms with E-state index in [0.717, 1.165) is 28.2 Å². The van der Waals surface area contributed by atoms with Gasteiger partial charge in [-0.3, -0.25) is 0 Å². The summed E-state index contributed by atoms with van der Waals surface area (Å²) >= 11 is 0.